The lowest BCUT2D eigenvalue weighted by Gasteiger charge is -2.28. The van der Waals surface area contributed by atoms with E-state index in [4.69, 9.17) is 18.0 Å². The minimum Gasteiger partial charge on any atom is -0.389 e. The molecule has 0 heterocycles. The van der Waals surface area contributed by atoms with Gasteiger partial charge in [0.15, 0.2) is 0 Å². The molecule has 2 nitrogen and oxygen atoms in total. The van der Waals surface area contributed by atoms with Crippen molar-refractivity contribution in [3.8, 4) is 0 Å². The van der Waals surface area contributed by atoms with Crippen molar-refractivity contribution in [2.75, 3.05) is 7.05 Å². The van der Waals surface area contributed by atoms with Crippen LogP contribution >= 0.6 is 12.2 Å². The van der Waals surface area contributed by atoms with E-state index in [1.807, 2.05) is 7.05 Å². The van der Waals surface area contributed by atoms with Crippen molar-refractivity contribution in [2.24, 2.45) is 11.7 Å². The summed E-state index contributed by atoms with van der Waals surface area (Å²) in [6.07, 6.45) is 0. The van der Waals surface area contributed by atoms with Gasteiger partial charge in [0.05, 0.1) is 0 Å². The molecule has 0 aliphatic heterocycles. The molecule has 1 aromatic rings. The topological polar surface area (TPSA) is 29.3 Å². The molecule has 0 saturated carbocycles. The van der Waals surface area contributed by atoms with Crippen LogP contribution in [-0.2, 0) is 6.54 Å². The first-order valence-corrected chi connectivity index (χ1v) is 6.52. The van der Waals surface area contributed by atoms with Crippen LogP contribution < -0.4 is 5.73 Å². The molecule has 100 valence electrons. The highest BCUT2D eigenvalue weighted by Crippen LogP contribution is 2.17. The lowest BCUT2D eigenvalue weighted by atomic mass is 10.0. The van der Waals surface area contributed by atoms with E-state index >= 15 is 0 Å². The Morgan fingerprint density at radius 3 is 2.50 bits per heavy atom. The van der Waals surface area contributed by atoms with Crippen LogP contribution in [0.15, 0.2) is 18.2 Å². The van der Waals surface area contributed by atoms with Crippen molar-refractivity contribution in [1.29, 1.82) is 0 Å². The maximum atomic E-state index is 13.3. The van der Waals surface area contributed by atoms with Gasteiger partial charge in [-0.1, -0.05) is 26.1 Å². The Morgan fingerprint density at radius 1 is 1.39 bits per heavy atom. The predicted octanol–water partition coefficient (Wildman–Crippen LogP) is 2.94. The normalized spacial score (nSPS) is 13.1. The van der Waals surface area contributed by atoms with Crippen molar-refractivity contribution < 1.29 is 4.39 Å². The highest BCUT2D eigenvalue weighted by Gasteiger charge is 2.15. The van der Waals surface area contributed by atoms with E-state index in [1.165, 1.54) is 12.1 Å². The molecule has 0 saturated heterocycles. The van der Waals surface area contributed by atoms with Gasteiger partial charge in [-0.2, -0.15) is 0 Å². The molecule has 0 spiro atoms. The molecule has 0 radical (unpaired) electrons. The van der Waals surface area contributed by atoms with Crippen molar-refractivity contribution in [3.05, 3.63) is 35.1 Å². The summed E-state index contributed by atoms with van der Waals surface area (Å²) in [5, 5.41) is 0. The SMILES string of the molecule is CC(C)C(C)N(C)Cc1cc(F)ccc1C(N)=S. The average Bonchev–Trinajstić information content (AvgIpc) is 2.27. The Labute approximate surface area is 114 Å². The van der Waals surface area contributed by atoms with E-state index in [2.05, 4.69) is 25.7 Å². The first kappa shape index (κ1) is 15.1. The molecule has 0 amide bonds. The summed E-state index contributed by atoms with van der Waals surface area (Å²) < 4.78 is 13.3. The van der Waals surface area contributed by atoms with Crippen LogP contribution in [0, 0.1) is 11.7 Å². The van der Waals surface area contributed by atoms with Crippen LogP contribution in [0.5, 0.6) is 0 Å². The summed E-state index contributed by atoms with van der Waals surface area (Å²) >= 11 is 5.00. The summed E-state index contributed by atoms with van der Waals surface area (Å²) in [5.41, 5.74) is 7.27. The molecule has 1 unspecified atom stereocenters. The maximum Gasteiger partial charge on any atom is 0.123 e. The fourth-order valence-electron chi connectivity index (χ4n) is 1.86. The van der Waals surface area contributed by atoms with E-state index in [9.17, 15) is 4.39 Å². The molecule has 2 N–H and O–H groups in total. The largest absolute Gasteiger partial charge is 0.389 e. The number of thiocarbonyl (C=S) groups is 1. The van der Waals surface area contributed by atoms with Crippen LogP contribution in [0.2, 0.25) is 0 Å². The third-order valence-electron chi connectivity index (χ3n) is 3.41. The Morgan fingerprint density at radius 2 is 2.00 bits per heavy atom. The molecule has 0 aliphatic rings. The summed E-state index contributed by atoms with van der Waals surface area (Å²) in [5.74, 6) is 0.285. The number of rotatable bonds is 5. The monoisotopic (exact) mass is 268 g/mol. The van der Waals surface area contributed by atoms with E-state index in [0.717, 1.165) is 11.1 Å². The molecule has 1 atom stereocenters. The van der Waals surface area contributed by atoms with Crippen LogP contribution in [0.25, 0.3) is 0 Å². The van der Waals surface area contributed by atoms with Crippen molar-refractivity contribution >= 4 is 17.2 Å². The van der Waals surface area contributed by atoms with E-state index in [1.54, 1.807) is 6.07 Å². The zero-order chi connectivity index (χ0) is 13.9. The number of hydrogen-bond acceptors (Lipinski definition) is 2. The maximum absolute atomic E-state index is 13.3. The molecular formula is C14H21FN2S. The fraction of sp³-hybridized carbons (Fsp3) is 0.500. The van der Waals surface area contributed by atoms with Gasteiger partial charge >= 0.3 is 0 Å². The van der Waals surface area contributed by atoms with E-state index in [0.29, 0.717) is 23.5 Å². The highest BCUT2D eigenvalue weighted by molar-refractivity contribution is 7.80. The van der Waals surface area contributed by atoms with Crippen molar-refractivity contribution in [2.45, 2.75) is 33.4 Å². The van der Waals surface area contributed by atoms with E-state index in [-0.39, 0.29) is 5.82 Å². The molecule has 1 aromatic carbocycles. The third-order valence-corrected chi connectivity index (χ3v) is 3.63. The highest BCUT2D eigenvalue weighted by atomic mass is 32.1. The zero-order valence-corrected chi connectivity index (χ0v) is 12.2. The first-order chi connectivity index (χ1) is 8.32. The zero-order valence-electron chi connectivity index (χ0n) is 11.4. The lowest BCUT2D eigenvalue weighted by molar-refractivity contribution is 0.200. The molecule has 0 aliphatic carbocycles. The number of halogens is 1. The summed E-state index contributed by atoms with van der Waals surface area (Å²) in [6.45, 7) is 7.14. The molecule has 1 rings (SSSR count). The predicted molar refractivity (Wildman–Crippen MR) is 78.1 cm³/mol. The van der Waals surface area contributed by atoms with Gasteiger partial charge in [-0.25, -0.2) is 4.39 Å². The van der Waals surface area contributed by atoms with Crippen LogP contribution in [-0.4, -0.2) is 23.0 Å². The summed E-state index contributed by atoms with van der Waals surface area (Å²) in [4.78, 5) is 2.50. The standard InChI is InChI=1S/C14H21FN2S/c1-9(2)10(3)17(4)8-11-7-12(15)5-6-13(11)14(16)18/h5-7,9-10H,8H2,1-4H3,(H2,16,18). The smallest absolute Gasteiger partial charge is 0.123 e. The van der Waals surface area contributed by atoms with Gasteiger partial charge in [0, 0.05) is 18.2 Å². The van der Waals surface area contributed by atoms with Gasteiger partial charge in [-0.05, 0) is 43.7 Å². The van der Waals surface area contributed by atoms with E-state index < -0.39 is 0 Å². The minimum atomic E-state index is -0.254. The molecular weight excluding hydrogens is 247 g/mol. The summed E-state index contributed by atoms with van der Waals surface area (Å²) in [7, 11) is 2.03. The second-order valence-electron chi connectivity index (χ2n) is 5.07. The Hall–Kier alpha value is -1.00. The first-order valence-electron chi connectivity index (χ1n) is 6.11. The lowest BCUT2D eigenvalue weighted by Crippen LogP contribution is -2.33. The van der Waals surface area contributed by atoms with Gasteiger partial charge in [0.2, 0.25) is 0 Å². The Kier molecular flexibility index (Phi) is 5.23. The molecule has 18 heavy (non-hydrogen) atoms. The quantitative estimate of drug-likeness (QED) is 0.833. The summed E-state index contributed by atoms with van der Waals surface area (Å²) in [6, 6.07) is 4.97. The number of benzene rings is 1. The molecule has 4 heteroatoms. The van der Waals surface area contributed by atoms with Crippen LogP contribution in [0.1, 0.15) is 31.9 Å². The number of nitrogens with two attached hydrogens (primary N) is 1. The number of hydrogen-bond donors (Lipinski definition) is 1. The molecule has 0 aromatic heterocycles. The molecule has 0 bridgehead atoms. The van der Waals surface area contributed by atoms with Crippen LogP contribution in [0.4, 0.5) is 4.39 Å². The second-order valence-corrected chi connectivity index (χ2v) is 5.51. The van der Waals surface area contributed by atoms with Gasteiger partial charge in [0.25, 0.3) is 0 Å². The number of nitrogens with zero attached hydrogens (tertiary/aromatic N) is 1. The minimum absolute atomic E-state index is 0.254. The Balaban J connectivity index is 2.95. The van der Waals surface area contributed by atoms with Gasteiger partial charge in [-0.15, -0.1) is 0 Å². The Bertz CT molecular complexity index is 432. The van der Waals surface area contributed by atoms with Crippen LogP contribution in [0.3, 0.4) is 0 Å². The van der Waals surface area contributed by atoms with Gasteiger partial charge in [0.1, 0.15) is 10.8 Å². The third kappa shape index (κ3) is 3.75. The fourth-order valence-corrected chi connectivity index (χ4v) is 2.05. The van der Waals surface area contributed by atoms with Gasteiger partial charge < -0.3 is 5.73 Å². The van der Waals surface area contributed by atoms with Crippen molar-refractivity contribution in [1.82, 2.24) is 4.90 Å². The van der Waals surface area contributed by atoms with Crippen molar-refractivity contribution in [3.63, 3.8) is 0 Å². The average molecular weight is 268 g/mol. The molecule has 0 fully saturated rings. The van der Waals surface area contributed by atoms with Gasteiger partial charge in [-0.3, -0.25) is 4.90 Å². The second kappa shape index (κ2) is 6.25.